The van der Waals surface area contributed by atoms with Gasteiger partial charge in [0.15, 0.2) is 6.61 Å². The number of hydrogen-bond acceptors (Lipinski definition) is 3. The van der Waals surface area contributed by atoms with Crippen molar-refractivity contribution in [2.45, 2.75) is 32.0 Å². The van der Waals surface area contributed by atoms with Crippen molar-refractivity contribution in [2.75, 3.05) is 13.2 Å². The fourth-order valence-corrected chi connectivity index (χ4v) is 2.50. The minimum absolute atomic E-state index is 0.0721. The van der Waals surface area contributed by atoms with Crippen LogP contribution in [0.15, 0.2) is 24.3 Å². The summed E-state index contributed by atoms with van der Waals surface area (Å²) in [7, 11) is 0. The molecule has 0 heterocycles. The number of ether oxygens (including phenoxy) is 1. The molecule has 1 fully saturated rings. The van der Waals surface area contributed by atoms with Crippen LogP contribution in [-0.2, 0) is 4.79 Å². The average molecular weight is 344 g/mol. The summed E-state index contributed by atoms with van der Waals surface area (Å²) >= 11 is 0. The third-order valence-electron chi connectivity index (χ3n) is 3.97. The summed E-state index contributed by atoms with van der Waals surface area (Å²) in [6.07, 6.45) is -2.85. The number of rotatable bonds is 7. The van der Waals surface area contributed by atoms with Gasteiger partial charge in [-0.3, -0.25) is 9.59 Å². The summed E-state index contributed by atoms with van der Waals surface area (Å²) in [6, 6.07) is 5.50. The molecule has 24 heavy (non-hydrogen) atoms. The highest BCUT2D eigenvalue weighted by molar-refractivity contribution is 5.95. The van der Waals surface area contributed by atoms with E-state index in [9.17, 15) is 22.8 Å². The quantitative estimate of drug-likeness (QED) is 0.825. The minimum atomic E-state index is -4.48. The SMILES string of the molecule is CC(C1CC1)N(CC(F)(F)F)C(=O)COc1ccccc1C(N)=O. The van der Waals surface area contributed by atoms with Crippen LogP contribution in [0.5, 0.6) is 5.75 Å². The molecule has 0 bridgehead atoms. The number of carbonyl (C=O) groups is 2. The molecule has 5 nitrogen and oxygen atoms in total. The monoisotopic (exact) mass is 344 g/mol. The van der Waals surface area contributed by atoms with Crippen LogP contribution >= 0.6 is 0 Å². The Labute approximate surface area is 137 Å². The maximum atomic E-state index is 12.7. The Bertz CT molecular complexity index is 615. The third-order valence-corrected chi connectivity index (χ3v) is 3.97. The lowest BCUT2D eigenvalue weighted by molar-refractivity contribution is -0.167. The molecule has 0 spiro atoms. The highest BCUT2D eigenvalue weighted by atomic mass is 19.4. The molecule has 1 unspecified atom stereocenters. The number of carbonyl (C=O) groups excluding carboxylic acids is 2. The number of hydrogen-bond donors (Lipinski definition) is 1. The number of alkyl halides is 3. The van der Waals surface area contributed by atoms with E-state index in [4.69, 9.17) is 10.5 Å². The second-order valence-electron chi connectivity index (χ2n) is 5.86. The summed E-state index contributed by atoms with van der Waals surface area (Å²) in [5, 5.41) is 0. The van der Waals surface area contributed by atoms with Gasteiger partial charge in [0.1, 0.15) is 12.3 Å². The molecule has 0 aromatic heterocycles. The molecule has 1 saturated carbocycles. The highest BCUT2D eigenvalue weighted by Gasteiger charge is 2.40. The molecule has 0 saturated heterocycles. The lowest BCUT2D eigenvalue weighted by Crippen LogP contribution is -2.47. The summed E-state index contributed by atoms with van der Waals surface area (Å²) in [5.41, 5.74) is 5.27. The van der Waals surface area contributed by atoms with E-state index in [0.717, 1.165) is 17.7 Å². The van der Waals surface area contributed by atoms with Crippen LogP contribution in [-0.4, -0.2) is 42.1 Å². The molecule has 2 amide bonds. The van der Waals surface area contributed by atoms with Gasteiger partial charge in [-0.05, 0) is 37.8 Å². The standard InChI is InChI=1S/C16H19F3N2O3/c1-10(11-6-7-11)21(9-16(17,18)19)14(22)8-24-13-5-3-2-4-12(13)15(20)23/h2-5,10-11H,6-9H2,1H3,(H2,20,23). The number of para-hydroxylation sites is 1. The topological polar surface area (TPSA) is 72.6 Å². The third kappa shape index (κ3) is 4.87. The van der Waals surface area contributed by atoms with Gasteiger partial charge in [-0.25, -0.2) is 0 Å². The van der Waals surface area contributed by atoms with Crippen LogP contribution in [0.2, 0.25) is 0 Å². The first-order valence-electron chi connectivity index (χ1n) is 7.57. The summed E-state index contributed by atoms with van der Waals surface area (Å²) in [4.78, 5) is 24.3. The summed E-state index contributed by atoms with van der Waals surface area (Å²) in [6.45, 7) is -0.291. The zero-order valence-corrected chi connectivity index (χ0v) is 13.2. The Morgan fingerprint density at radius 2 is 1.96 bits per heavy atom. The van der Waals surface area contributed by atoms with Crippen molar-refractivity contribution < 1.29 is 27.5 Å². The van der Waals surface area contributed by atoms with E-state index in [-0.39, 0.29) is 17.2 Å². The Morgan fingerprint density at radius 1 is 1.33 bits per heavy atom. The molecule has 0 radical (unpaired) electrons. The summed E-state index contributed by atoms with van der Waals surface area (Å²) in [5.74, 6) is -1.35. The molecule has 132 valence electrons. The van der Waals surface area contributed by atoms with E-state index in [0.29, 0.717) is 0 Å². The van der Waals surface area contributed by atoms with Gasteiger partial charge in [-0.2, -0.15) is 13.2 Å². The molecule has 8 heteroatoms. The van der Waals surface area contributed by atoms with Crippen molar-refractivity contribution in [1.29, 1.82) is 0 Å². The van der Waals surface area contributed by atoms with Crippen LogP contribution in [0.3, 0.4) is 0 Å². The first-order valence-corrected chi connectivity index (χ1v) is 7.57. The Hall–Kier alpha value is -2.25. The van der Waals surface area contributed by atoms with E-state index < -0.39 is 37.2 Å². The second-order valence-corrected chi connectivity index (χ2v) is 5.86. The van der Waals surface area contributed by atoms with Crippen molar-refractivity contribution in [2.24, 2.45) is 11.7 Å². The normalized spacial score (nSPS) is 15.7. The van der Waals surface area contributed by atoms with Gasteiger partial charge < -0.3 is 15.4 Å². The van der Waals surface area contributed by atoms with Gasteiger partial charge in [0, 0.05) is 6.04 Å². The second kappa shape index (κ2) is 7.11. The smallest absolute Gasteiger partial charge is 0.406 e. The van der Waals surface area contributed by atoms with Gasteiger partial charge in [0.25, 0.3) is 11.8 Å². The highest BCUT2D eigenvalue weighted by Crippen LogP contribution is 2.36. The fraction of sp³-hybridized carbons (Fsp3) is 0.500. The number of nitrogens with zero attached hydrogens (tertiary/aromatic N) is 1. The van der Waals surface area contributed by atoms with E-state index in [2.05, 4.69) is 0 Å². The molecule has 2 N–H and O–H groups in total. The number of halogens is 3. The largest absolute Gasteiger partial charge is 0.483 e. The first-order chi connectivity index (χ1) is 11.2. The molecule has 1 aliphatic rings. The van der Waals surface area contributed by atoms with E-state index >= 15 is 0 Å². The average Bonchev–Trinajstić information content (AvgIpc) is 3.33. The maximum absolute atomic E-state index is 12.7. The van der Waals surface area contributed by atoms with E-state index in [1.807, 2.05) is 0 Å². The van der Waals surface area contributed by atoms with Gasteiger partial charge in [-0.15, -0.1) is 0 Å². The zero-order chi connectivity index (χ0) is 17.9. The van der Waals surface area contributed by atoms with Gasteiger partial charge in [0.2, 0.25) is 0 Å². The van der Waals surface area contributed by atoms with Crippen molar-refractivity contribution in [3.8, 4) is 5.75 Å². The predicted molar refractivity (Wildman–Crippen MR) is 80.4 cm³/mol. The lowest BCUT2D eigenvalue weighted by atomic mass is 10.1. The van der Waals surface area contributed by atoms with Crippen LogP contribution in [0, 0.1) is 5.92 Å². The molecule has 2 rings (SSSR count). The van der Waals surface area contributed by atoms with Crippen molar-refractivity contribution in [3.05, 3.63) is 29.8 Å². The van der Waals surface area contributed by atoms with Crippen molar-refractivity contribution >= 4 is 11.8 Å². The fourth-order valence-electron chi connectivity index (χ4n) is 2.50. The molecule has 1 atom stereocenters. The zero-order valence-electron chi connectivity index (χ0n) is 13.2. The van der Waals surface area contributed by atoms with Crippen LogP contribution in [0.25, 0.3) is 0 Å². The lowest BCUT2D eigenvalue weighted by Gasteiger charge is -2.30. The molecule has 1 aromatic carbocycles. The Balaban J connectivity index is 2.06. The molecular formula is C16H19F3N2O3. The van der Waals surface area contributed by atoms with E-state index in [1.54, 1.807) is 19.1 Å². The molecule has 1 aliphatic carbocycles. The van der Waals surface area contributed by atoms with Crippen LogP contribution < -0.4 is 10.5 Å². The minimum Gasteiger partial charge on any atom is -0.483 e. The van der Waals surface area contributed by atoms with Crippen molar-refractivity contribution in [1.82, 2.24) is 4.90 Å². The number of nitrogens with two attached hydrogens (primary N) is 1. The summed E-state index contributed by atoms with van der Waals surface area (Å²) < 4.78 is 43.5. The predicted octanol–water partition coefficient (Wildman–Crippen LogP) is 2.35. The number of primary amides is 1. The molecule has 0 aliphatic heterocycles. The van der Waals surface area contributed by atoms with Crippen molar-refractivity contribution in [3.63, 3.8) is 0 Å². The molecular weight excluding hydrogens is 325 g/mol. The number of amides is 2. The van der Waals surface area contributed by atoms with E-state index in [1.165, 1.54) is 12.1 Å². The van der Waals surface area contributed by atoms with Crippen LogP contribution in [0.4, 0.5) is 13.2 Å². The number of benzene rings is 1. The van der Waals surface area contributed by atoms with Gasteiger partial charge in [-0.1, -0.05) is 12.1 Å². The maximum Gasteiger partial charge on any atom is 0.406 e. The Kier molecular flexibility index (Phi) is 5.36. The first kappa shape index (κ1) is 18.1. The van der Waals surface area contributed by atoms with Crippen LogP contribution in [0.1, 0.15) is 30.1 Å². The van der Waals surface area contributed by atoms with Gasteiger partial charge in [0.05, 0.1) is 5.56 Å². The molecule has 1 aromatic rings. The van der Waals surface area contributed by atoms with Gasteiger partial charge >= 0.3 is 6.18 Å². The Morgan fingerprint density at radius 3 is 2.50 bits per heavy atom.